The molecular weight excluding hydrogens is 200 g/mol. The molecular formula is C12H16N4. The maximum atomic E-state index is 8.89. The van der Waals surface area contributed by atoms with Crippen LogP contribution in [0.5, 0.6) is 0 Å². The molecule has 0 amide bonds. The van der Waals surface area contributed by atoms with Crippen LogP contribution in [0.1, 0.15) is 18.3 Å². The van der Waals surface area contributed by atoms with E-state index in [2.05, 4.69) is 28.2 Å². The lowest BCUT2D eigenvalue weighted by molar-refractivity contribution is 0.484. The number of nitriles is 1. The molecule has 0 bridgehead atoms. The number of hydrogen-bond acceptors (Lipinski definition) is 4. The van der Waals surface area contributed by atoms with Crippen LogP contribution >= 0.6 is 0 Å². The average molecular weight is 216 g/mol. The molecule has 1 unspecified atom stereocenters. The van der Waals surface area contributed by atoms with Gasteiger partial charge in [0.1, 0.15) is 11.8 Å². The van der Waals surface area contributed by atoms with Gasteiger partial charge in [-0.25, -0.2) is 4.98 Å². The Morgan fingerprint density at radius 3 is 3.06 bits per heavy atom. The van der Waals surface area contributed by atoms with Gasteiger partial charge in [-0.3, -0.25) is 0 Å². The third-order valence-corrected chi connectivity index (χ3v) is 2.79. The van der Waals surface area contributed by atoms with E-state index in [9.17, 15) is 0 Å². The third-order valence-electron chi connectivity index (χ3n) is 2.79. The van der Waals surface area contributed by atoms with E-state index >= 15 is 0 Å². The standard InChI is InChI=1S/C12H16N4/c1-9-5-12(6-11(7-13)15-9)16-4-3-14-10(2)8-16/h5-6,10,14H,3-4,8H2,1-2H3. The number of aryl methyl sites for hydroxylation is 1. The first-order valence-corrected chi connectivity index (χ1v) is 5.56. The van der Waals surface area contributed by atoms with Crippen LogP contribution in [0, 0.1) is 18.3 Å². The van der Waals surface area contributed by atoms with Crippen LogP contribution in [-0.2, 0) is 0 Å². The highest BCUT2D eigenvalue weighted by molar-refractivity contribution is 5.51. The number of hydrogen-bond donors (Lipinski definition) is 1. The Balaban J connectivity index is 2.26. The molecule has 1 N–H and O–H groups in total. The molecule has 2 heterocycles. The van der Waals surface area contributed by atoms with Gasteiger partial charge >= 0.3 is 0 Å². The van der Waals surface area contributed by atoms with E-state index in [1.54, 1.807) is 0 Å². The molecule has 1 aliphatic rings. The second-order valence-electron chi connectivity index (χ2n) is 4.26. The van der Waals surface area contributed by atoms with Gasteiger partial charge in [0.15, 0.2) is 0 Å². The Kier molecular flexibility index (Phi) is 3.07. The number of nitrogens with zero attached hydrogens (tertiary/aromatic N) is 3. The van der Waals surface area contributed by atoms with Crippen molar-refractivity contribution in [3.8, 4) is 6.07 Å². The summed E-state index contributed by atoms with van der Waals surface area (Å²) in [6, 6.07) is 6.51. The molecule has 2 rings (SSSR count). The zero-order valence-corrected chi connectivity index (χ0v) is 9.70. The quantitative estimate of drug-likeness (QED) is 0.762. The summed E-state index contributed by atoms with van der Waals surface area (Å²) in [6.45, 7) is 7.05. The first-order valence-electron chi connectivity index (χ1n) is 5.56. The highest BCUT2D eigenvalue weighted by atomic mass is 15.2. The summed E-state index contributed by atoms with van der Waals surface area (Å²) in [4.78, 5) is 6.47. The van der Waals surface area contributed by atoms with Gasteiger partial charge in [0.2, 0.25) is 0 Å². The molecule has 16 heavy (non-hydrogen) atoms. The van der Waals surface area contributed by atoms with Crippen molar-refractivity contribution in [2.24, 2.45) is 0 Å². The smallest absolute Gasteiger partial charge is 0.142 e. The van der Waals surface area contributed by atoms with Crippen LogP contribution in [0.4, 0.5) is 5.69 Å². The number of anilines is 1. The van der Waals surface area contributed by atoms with Gasteiger partial charge in [-0.2, -0.15) is 5.26 Å². The van der Waals surface area contributed by atoms with Gasteiger partial charge in [0.25, 0.3) is 0 Å². The molecule has 1 aromatic rings. The van der Waals surface area contributed by atoms with Crippen molar-refractivity contribution >= 4 is 5.69 Å². The highest BCUT2D eigenvalue weighted by Gasteiger charge is 2.16. The summed E-state index contributed by atoms with van der Waals surface area (Å²) < 4.78 is 0. The fourth-order valence-corrected chi connectivity index (χ4v) is 2.06. The second kappa shape index (κ2) is 4.50. The average Bonchev–Trinajstić information content (AvgIpc) is 2.28. The fraction of sp³-hybridized carbons (Fsp3) is 0.500. The molecule has 1 atom stereocenters. The number of rotatable bonds is 1. The molecule has 1 saturated heterocycles. The normalized spacial score (nSPS) is 20.6. The van der Waals surface area contributed by atoms with Gasteiger partial charge in [0.05, 0.1) is 0 Å². The molecule has 0 saturated carbocycles. The van der Waals surface area contributed by atoms with Crippen LogP contribution in [0.15, 0.2) is 12.1 Å². The van der Waals surface area contributed by atoms with Crippen molar-refractivity contribution in [1.82, 2.24) is 10.3 Å². The molecule has 4 nitrogen and oxygen atoms in total. The minimum absolute atomic E-state index is 0.493. The SMILES string of the molecule is Cc1cc(N2CCNC(C)C2)cc(C#N)n1. The summed E-state index contributed by atoms with van der Waals surface area (Å²) in [7, 11) is 0. The van der Waals surface area contributed by atoms with Crippen LogP contribution in [0.25, 0.3) is 0 Å². The van der Waals surface area contributed by atoms with Crippen LogP contribution < -0.4 is 10.2 Å². The first kappa shape index (κ1) is 10.9. The Labute approximate surface area is 95.9 Å². The summed E-state index contributed by atoms with van der Waals surface area (Å²) in [5.74, 6) is 0. The highest BCUT2D eigenvalue weighted by Crippen LogP contribution is 2.18. The minimum atomic E-state index is 0.493. The first-order chi connectivity index (χ1) is 7.69. The van der Waals surface area contributed by atoms with Crippen molar-refractivity contribution in [2.75, 3.05) is 24.5 Å². The van der Waals surface area contributed by atoms with E-state index in [-0.39, 0.29) is 0 Å². The van der Waals surface area contributed by atoms with E-state index in [0.717, 1.165) is 31.0 Å². The van der Waals surface area contributed by atoms with E-state index in [1.165, 1.54) is 0 Å². The van der Waals surface area contributed by atoms with Gasteiger partial charge in [0, 0.05) is 37.1 Å². The largest absolute Gasteiger partial charge is 0.369 e. The van der Waals surface area contributed by atoms with E-state index in [1.807, 2.05) is 19.1 Å². The fourth-order valence-electron chi connectivity index (χ4n) is 2.06. The van der Waals surface area contributed by atoms with Gasteiger partial charge in [-0.15, -0.1) is 0 Å². The zero-order chi connectivity index (χ0) is 11.5. The van der Waals surface area contributed by atoms with E-state index in [0.29, 0.717) is 11.7 Å². The molecule has 0 radical (unpaired) electrons. The minimum Gasteiger partial charge on any atom is -0.369 e. The predicted molar refractivity (Wildman–Crippen MR) is 63.4 cm³/mol. The lowest BCUT2D eigenvalue weighted by atomic mass is 10.2. The van der Waals surface area contributed by atoms with Crippen molar-refractivity contribution in [1.29, 1.82) is 5.26 Å². The number of piperazine rings is 1. The summed E-state index contributed by atoms with van der Waals surface area (Å²) in [6.07, 6.45) is 0. The predicted octanol–water partition coefficient (Wildman–Crippen LogP) is 1.06. The van der Waals surface area contributed by atoms with Crippen molar-refractivity contribution < 1.29 is 0 Å². The molecule has 1 aromatic heterocycles. The van der Waals surface area contributed by atoms with Crippen LogP contribution in [0.2, 0.25) is 0 Å². The van der Waals surface area contributed by atoms with Crippen LogP contribution in [-0.4, -0.2) is 30.7 Å². The summed E-state index contributed by atoms with van der Waals surface area (Å²) in [5.41, 5.74) is 2.51. The summed E-state index contributed by atoms with van der Waals surface area (Å²) in [5, 5.41) is 12.3. The number of aromatic nitrogens is 1. The van der Waals surface area contributed by atoms with Gasteiger partial charge < -0.3 is 10.2 Å². The monoisotopic (exact) mass is 216 g/mol. The molecule has 0 aromatic carbocycles. The lowest BCUT2D eigenvalue weighted by Gasteiger charge is -2.33. The van der Waals surface area contributed by atoms with Crippen molar-refractivity contribution in [2.45, 2.75) is 19.9 Å². The third kappa shape index (κ3) is 2.31. The topological polar surface area (TPSA) is 52.0 Å². The maximum Gasteiger partial charge on any atom is 0.142 e. The lowest BCUT2D eigenvalue weighted by Crippen LogP contribution is -2.49. The Morgan fingerprint density at radius 1 is 1.56 bits per heavy atom. The zero-order valence-electron chi connectivity index (χ0n) is 9.70. The van der Waals surface area contributed by atoms with Gasteiger partial charge in [-0.05, 0) is 26.0 Å². The number of nitrogens with one attached hydrogen (secondary N) is 1. The Bertz CT molecular complexity index is 422. The molecule has 1 fully saturated rings. The van der Waals surface area contributed by atoms with Crippen molar-refractivity contribution in [3.63, 3.8) is 0 Å². The van der Waals surface area contributed by atoms with Crippen LogP contribution in [0.3, 0.4) is 0 Å². The molecule has 0 spiro atoms. The second-order valence-corrected chi connectivity index (χ2v) is 4.26. The molecule has 4 heteroatoms. The molecule has 1 aliphatic heterocycles. The van der Waals surface area contributed by atoms with E-state index < -0.39 is 0 Å². The Hall–Kier alpha value is -1.60. The molecule has 0 aliphatic carbocycles. The van der Waals surface area contributed by atoms with E-state index in [4.69, 9.17) is 5.26 Å². The Morgan fingerprint density at radius 2 is 2.38 bits per heavy atom. The summed E-state index contributed by atoms with van der Waals surface area (Å²) >= 11 is 0. The van der Waals surface area contributed by atoms with Crippen molar-refractivity contribution in [3.05, 3.63) is 23.5 Å². The number of pyridine rings is 1. The van der Waals surface area contributed by atoms with Gasteiger partial charge in [-0.1, -0.05) is 0 Å². The maximum absolute atomic E-state index is 8.89. The molecule has 84 valence electrons.